The van der Waals surface area contributed by atoms with Crippen molar-refractivity contribution in [3.05, 3.63) is 0 Å². The zero-order valence-corrected chi connectivity index (χ0v) is 12.4. The fraction of sp³-hybridized carbons (Fsp3) is 0.667. The van der Waals surface area contributed by atoms with Crippen LogP contribution in [0.1, 0.15) is 27.2 Å². The van der Waals surface area contributed by atoms with Gasteiger partial charge in [0.2, 0.25) is 17.8 Å². The molecule has 0 aliphatic heterocycles. The molecule has 1 atom stereocenters. The molecule has 20 heavy (non-hydrogen) atoms. The Morgan fingerprint density at radius 1 is 1.25 bits per heavy atom. The van der Waals surface area contributed by atoms with Gasteiger partial charge in [-0.2, -0.15) is 15.0 Å². The zero-order valence-electron chi connectivity index (χ0n) is 12.4. The average molecular weight is 282 g/mol. The molecular weight excluding hydrogens is 260 g/mol. The van der Waals surface area contributed by atoms with Crippen molar-refractivity contribution < 1.29 is 9.53 Å². The van der Waals surface area contributed by atoms with Crippen molar-refractivity contribution >= 4 is 17.8 Å². The molecular formula is C12H22N6O2. The van der Waals surface area contributed by atoms with Crippen LogP contribution in [0.15, 0.2) is 0 Å². The number of rotatable bonds is 8. The van der Waals surface area contributed by atoms with Crippen LogP contribution in [0.5, 0.6) is 6.01 Å². The normalized spacial score (nSPS) is 11.6. The molecule has 8 nitrogen and oxygen atoms in total. The zero-order chi connectivity index (χ0) is 15.0. The highest BCUT2D eigenvalue weighted by atomic mass is 16.5. The number of aromatic nitrogens is 3. The standard InChI is InChI=1S/C12H22N6O2/c1-5-7-14-9(19)8(3)15-11-16-10(13-6-2)17-12(18-11)20-4/h8H,5-7H2,1-4H3,(H,14,19)(H2,13,15,16,17,18). The fourth-order valence-electron chi connectivity index (χ4n) is 1.41. The van der Waals surface area contributed by atoms with Gasteiger partial charge in [0.15, 0.2) is 0 Å². The van der Waals surface area contributed by atoms with E-state index in [0.717, 1.165) is 6.42 Å². The molecule has 0 fully saturated rings. The number of anilines is 2. The second kappa shape index (κ2) is 8.13. The highest BCUT2D eigenvalue weighted by Crippen LogP contribution is 2.11. The predicted molar refractivity (Wildman–Crippen MR) is 76.9 cm³/mol. The first-order valence-corrected chi connectivity index (χ1v) is 6.68. The Balaban J connectivity index is 2.74. The molecule has 0 aromatic carbocycles. The number of nitrogens with one attached hydrogen (secondary N) is 3. The van der Waals surface area contributed by atoms with Crippen LogP contribution in [-0.4, -0.2) is 47.1 Å². The minimum atomic E-state index is -0.442. The van der Waals surface area contributed by atoms with Crippen LogP contribution in [-0.2, 0) is 4.79 Å². The topological polar surface area (TPSA) is 101 Å². The number of nitrogens with zero attached hydrogens (tertiary/aromatic N) is 3. The lowest BCUT2D eigenvalue weighted by molar-refractivity contribution is -0.121. The van der Waals surface area contributed by atoms with Gasteiger partial charge in [-0.25, -0.2) is 0 Å². The summed E-state index contributed by atoms with van der Waals surface area (Å²) in [6.07, 6.45) is 0.891. The van der Waals surface area contributed by atoms with Crippen molar-refractivity contribution in [1.82, 2.24) is 20.3 Å². The maximum absolute atomic E-state index is 11.8. The number of hydrogen-bond donors (Lipinski definition) is 3. The minimum Gasteiger partial charge on any atom is -0.467 e. The van der Waals surface area contributed by atoms with Crippen molar-refractivity contribution in [1.29, 1.82) is 0 Å². The van der Waals surface area contributed by atoms with Gasteiger partial charge in [0.05, 0.1) is 7.11 Å². The van der Waals surface area contributed by atoms with E-state index in [-0.39, 0.29) is 11.9 Å². The van der Waals surface area contributed by atoms with Gasteiger partial charge >= 0.3 is 6.01 Å². The molecule has 3 N–H and O–H groups in total. The van der Waals surface area contributed by atoms with Gasteiger partial charge < -0.3 is 20.7 Å². The Morgan fingerprint density at radius 3 is 2.55 bits per heavy atom. The lowest BCUT2D eigenvalue weighted by atomic mass is 10.3. The third-order valence-electron chi connectivity index (χ3n) is 2.42. The van der Waals surface area contributed by atoms with Gasteiger partial charge in [0.25, 0.3) is 0 Å². The molecule has 1 rings (SSSR count). The molecule has 0 bridgehead atoms. The summed E-state index contributed by atoms with van der Waals surface area (Å²) in [5.41, 5.74) is 0. The van der Waals surface area contributed by atoms with Crippen molar-refractivity contribution in [3.8, 4) is 6.01 Å². The van der Waals surface area contributed by atoms with Gasteiger partial charge in [-0.15, -0.1) is 0 Å². The molecule has 1 aromatic rings. The molecule has 0 radical (unpaired) electrons. The van der Waals surface area contributed by atoms with E-state index in [9.17, 15) is 4.79 Å². The van der Waals surface area contributed by atoms with Crippen LogP contribution in [0.4, 0.5) is 11.9 Å². The summed E-state index contributed by atoms with van der Waals surface area (Å²) >= 11 is 0. The lowest BCUT2D eigenvalue weighted by Gasteiger charge is -2.14. The van der Waals surface area contributed by atoms with Crippen LogP contribution < -0.4 is 20.7 Å². The summed E-state index contributed by atoms with van der Waals surface area (Å²) in [4.78, 5) is 24.1. The molecule has 1 amide bonds. The molecule has 0 saturated carbocycles. The largest absolute Gasteiger partial charge is 0.467 e. The number of methoxy groups -OCH3 is 1. The van der Waals surface area contributed by atoms with Crippen LogP contribution >= 0.6 is 0 Å². The van der Waals surface area contributed by atoms with Crippen molar-refractivity contribution in [2.75, 3.05) is 30.8 Å². The Hall–Kier alpha value is -2.12. The summed E-state index contributed by atoms with van der Waals surface area (Å²) in [6.45, 7) is 7.00. The smallest absolute Gasteiger partial charge is 0.322 e. The maximum Gasteiger partial charge on any atom is 0.322 e. The molecule has 0 saturated heterocycles. The monoisotopic (exact) mass is 282 g/mol. The number of hydrogen-bond acceptors (Lipinski definition) is 7. The van der Waals surface area contributed by atoms with Crippen LogP contribution in [0.2, 0.25) is 0 Å². The van der Waals surface area contributed by atoms with E-state index in [0.29, 0.717) is 25.0 Å². The first-order chi connectivity index (χ1) is 9.60. The first-order valence-electron chi connectivity index (χ1n) is 6.68. The minimum absolute atomic E-state index is 0.101. The number of carbonyl (C=O) groups excluding carboxylic acids is 1. The number of ether oxygens (including phenoxy) is 1. The SMILES string of the molecule is CCCNC(=O)C(C)Nc1nc(NCC)nc(OC)n1. The molecule has 0 aliphatic carbocycles. The van der Waals surface area contributed by atoms with Crippen LogP contribution in [0.3, 0.4) is 0 Å². The van der Waals surface area contributed by atoms with Crippen LogP contribution in [0, 0.1) is 0 Å². The third kappa shape index (κ3) is 4.87. The van der Waals surface area contributed by atoms with Crippen molar-refractivity contribution in [2.45, 2.75) is 33.2 Å². The lowest BCUT2D eigenvalue weighted by Crippen LogP contribution is -2.38. The van der Waals surface area contributed by atoms with Gasteiger partial charge in [-0.1, -0.05) is 6.92 Å². The molecule has 112 valence electrons. The highest BCUT2D eigenvalue weighted by Gasteiger charge is 2.14. The summed E-state index contributed by atoms with van der Waals surface area (Å²) in [7, 11) is 1.48. The van der Waals surface area contributed by atoms with Gasteiger partial charge in [0.1, 0.15) is 6.04 Å². The maximum atomic E-state index is 11.8. The number of carbonyl (C=O) groups is 1. The van der Waals surface area contributed by atoms with Gasteiger partial charge in [0, 0.05) is 13.1 Å². The molecule has 1 unspecified atom stereocenters. The fourth-order valence-corrected chi connectivity index (χ4v) is 1.41. The van der Waals surface area contributed by atoms with Crippen molar-refractivity contribution in [3.63, 3.8) is 0 Å². The Morgan fingerprint density at radius 2 is 1.95 bits per heavy atom. The van der Waals surface area contributed by atoms with E-state index in [2.05, 4.69) is 30.9 Å². The Kier molecular flexibility index (Phi) is 6.48. The summed E-state index contributed by atoms with van der Waals surface area (Å²) in [5.74, 6) is 0.603. The van der Waals surface area contributed by atoms with Gasteiger partial charge in [-0.05, 0) is 20.3 Å². The Labute approximate surface area is 118 Å². The molecule has 1 aromatic heterocycles. The highest BCUT2D eigenvalue weighted by molar-refractivity contribution is 5.83. The second-order valence-corrected chi connectivity index (χ2v) is 4.16. The van der Waals surface area contributed by atoms with E-state index in [1.54, 1.807) is 6.92 Å². The van der Waals surface area contributed by atoms with Gasteiger partial charge in [-0.3, -0.25) is 4.79 Å². The predicted octanol–water partition coefficient (Wildman–Crippen LogP) is 0.639. The Bertz CT molecular complexity index is 440. The van der Waals surface area contributed by atoms with E-state index < -0.39 is 6.04 Å². The summed E-state index contributed by atoms with van der Waals surface area (Å²) < 4.78 is 5.01. The molecule has 8 heteroatoms. The van der Waals surface area contributed by atoms with Crippen molar-refractivity contribution in [2.24, 2.45) is 0 Å². The molecule has 1 heterocycles. The third-order valence-corrected chi connectivity index (χ3v) is 2.42. The van der Waals surface area contributed by atoms with E-state index in [1.807, 2.05) is 13.8 Å². The summed E-state index contributed by atoms with van der Waals surface area (Å²) in [6, 6.07) is -0.247. The average Bonchev–Trinajstić information content (AvgIpc) is 2.44. The van der Waals surface area contributed by atoms with E-state index in [1.165, 1.54) is 7.11 Å². The molecule has 0 spiro atoms. The first kappa shape index (κ1) is 15.9. The summed E-state index contributed by atoms with van der Waals surface area (Å²) in [5, 5.41) is 8.71. The van der Waals surface area contributed by atoms with Crippen LogP contribution in [0.25, 0.3) is 0 Å². The van der Waals surface area contributed by atoms with E-state index >= 15 is 0 Å². The second-order valence-electron chi connectivity index (χ2n) is 4.16. The molecule has 0 aliphatic rings. The number of amides is 1. The quantitative estimate of drug-likeness (QED) is 0.643. The van der Waals surface area contributed by atoms with E-state index in [4.69, 9.17) is 4.74 Å².